The first-order chi connectivity index (χ1) is 8.57. The Morgan fingerprint density at radius 3 is 2.78 bits per heavy atom. The lowest BCUT2D eigenvalue weighted by Gasteiger charge is -2.32. The van der Waals surface area contributed by atoms with Crippen molar-refractivity contribution in [2.75, 3.05) is 31.1 Å². The van der Waals surface area contributed by atoms with E-state index in [4.69, 9.17) is 4.42 Å². The lowest BCUT2D eigenvalue weighted by atomic mass is 10.2. The second-order valence-corrected chi connectivity index (χ2v) is 7.05. The van der Waals surface area contributed by atoms with Crippen LogP contribution in [0.5, 0.6) is 0 Å². The molecule has 0 spiro atoms. The summed E-state index contributed by atoms with van der Waals surface area (Å²) in [6, 6.07) is 4.15. The monoisotopic (exact) mass is 272 g/mol. The molecule has 2 heterocycles. The fourth-order valence-corrected chi connectivity index (χ4v) is 3.34. The van der Waals surface area contributed by atoms with E-state index in [1.54, 1.807) is 6.26 Å². The molecule has 0 amide bonds. The first kappa shape index (κ1) is 13.6. The maximum absolute atomic E-state index is 11.3. The Morgan fingerprint density at radius 1 is 1.44 bits per heavy atom. The van der Waals surface area contributed by atoms with Crippen LogP contribution in [0, 0.1) is 0 Å². The summed E-state index contributed by atoms with van der Waals surface area (Å²) in [6.07, 6.45) is 1.66. The quantitative estimate of drug-likeness (QED) is 0.845. The summed E-state index contributed by atoms with van der Waals surface area (Å²) in [5.41, 5.74) is 0. The number of hydrogen-bond donors (Lipinski definition) is 1. The van der Waals surface area contributed by atoms with Gasteiger partial charge in [0.2, 0.25) is 0 Å². The average molecular weight is 272 g/mol. The van der Waals surface area contributed by atoms with Crippen LogP contribution in [0.1, 0.15) is 12.7 Å². The minimum absolute atomic E-state index is 0.287. The van der Waals surface area contributed by atoms with Crippen LogP contribution in [-0.2, 0) is 16.4 Å². The minimum atomic E-state index is -2.78. The zero-order valence-corrected chi connectivity index (χ0v) is 11.4. The Balaban J connectivity index is 1.70. The summed E-state index contributed by atoms with van der Waals surface area (Å²) in [4.78, 5) is 2.22. The van der Waals surface area contributed by atoms with E-state index >= 15 is 0 Å². The summed E-state index contributed by atoms with van der Waals surface area (Å²) >= 11 is 0. The van der Waals surface area contributed by atoms with Gasteiger partial charge in [-0.15, -0.1) is 0 Å². The van der Waals surface area contributed by atoms with E-state index in [1.807, 2.05) is 12.1 Å². The van der Waals surface area contributed by atoms with Gasteiger partial charge >= 0.3 is 0 Å². The van der Waals surface area contributed by atoms with Crippen LogP contribution in [0.4, 0.5) is 0 Å². The van der Waals surface area contributed by atoms with Crippen LogP contribution in [0.25, 0.3) is 0 Å². The molecule has 102 valence electrons. The fraction of sp³-hybridized carbons (Fsp3) is 0.667. The molecule has 0 radical (unpaired) electrons. The highest BCUT2D eigenvalue weighted by Gasteiger charge is 2.24. The van der Waals surface area contributed by atoms with E-state index in [2.05, 4.69) is 17.1 Å². The summed E-state index contributed by atoms with van der Waals surface area (Å²) in [7, 11) is -2.78. The zero-order chi connectivity index (χ0) is 13.0. The Kier molecular flexibility index (Phi) is 4.42. The Bertz CT molecular complexity index is 442. The van der Waals surface area contributed by atoms with Crippen molar-refractivity contribution in [2.24, 2.45) is 0 Å². The van der Waals surface area contributed by atoms with E-state index in [9.17, 15) is 8.42 Å². The fourth-order valence-electron chi connectivity index (χ4n) is 2.11. The Labute approximate surface area is 108 Å². The number of furan rings is 1. The van der Waals surface area contributed by atoms with Crippen molar-refractivity contribution in [3.63, 3.8) is 0 Å². The summed E-state index contributed by atoms with van der Waals surface area (Å²) < 4.78 is 27.9. The summed E-state index contributed by atoms with van der Waals surface area (Å²) in [5.74, 6) is 1.49. The smallest absolute Gasteiger partial charge is 0.152 e. The third-order valence-electron chi connectivity index (χ3n) is 3.32. The average Bonchev–Trinajstić information content (AvgIpc) is 2.82. The highest BCUT2D eigenvalue weighted by molar-refractivity contribution is 7.91. The molecule has 1 atom stereocenters. The molecule has 1 N–H and O–H groups in total. The first-order valence-electron chi connectivity index (χ1n) is 6.24. The van der Waals surface area contributed by atoms with Gasteiger partial charge in [-0.25, -0.2) is 8.42 Å². The largest absolute Gasteiger partial charge is 0.468 e. The van der Waals surface area contributed by atoms with Crippen LogP contribution < -0.4 is 5.32 Å². The third-order valence-corrected chi connectivity index (χ3v) is 4.93. The van der Waals surface area contributed by atoms with Crippen LogP contribution in [0.2, 0.25) is 0 Å². The highest BCUT2D eigenvalue weighted by atomic mass is 32.2. The van der Waals surface area contributed by atoms with Crippen molar-refractivity contribution in [1.29, 1.82) is 0 Å². The number of nitrogens with zero attached hydrogens (tertiary/aromatic N) is 1. The van der Waals surface area contributed by atoms with Gasteiger partial charge in [-0.05, 0) is 19.1 Å². The van der Waals surface area contributed by atoms with Gasteiger partial charge in [-0.2, -0.15) is 0 Å². The number of nitrogens with one attached hydrogen (secondary N) is 1. The van der Waals surface area contributed by atoms with E-state index < -0.39 is 9.84 Å². The molecule has 0 aromatic carbocycles. The molecule has 2 rings (SSSR count). The maximum atomic E-state index is 11.3. The van der Waals surface area contributed by atoms with Gasteiger partial charge in [-0.3, -0.25) is 4.90 Å². The van der Waals surface area contributed by atoms with Gasteiger partial charge in [0, 0.05) is 25.7 Å². The highest BCUT2D eigenvalue weighted by Crippen LogP contribution is 2.07. The second kappa shape index (κ2) is 5.86. The summed E-state index contributed by atoms with van der Waals surface area (Å²) in [5, 5.41) is 3.32. The number of rotatable bonds is 5. The Hall–Kier alpha value is -0.850. The van der Waals surface area contributed by atoms with E-state index in [0.717, 1.165) is 12.3 Å². The molecule has 1 aliphatic heterocycles. The molecule has 1 aliphatic rings. The van der Waals surface area contributed by atoms with Crippen molar-refractivity contribution in [1.82, 2.24) is 10.2 Å². The molecule has 5 nitrogen and oxygen atoms in total. The SMILES string of the molecule is CC(CNCc1ccco1)N1CCS(=O)(=O)CC1. The number of sulfone groups is 1. The molecule has 1 aromatic heterocycles. The molecular formula is C12H20N2O3S. The van der Waals surface area contributed by atoms with Crippen molar-refractivity contribution >= 4 is 9.84 Å². The van der Waals surface area contributed by atoms with Gasteiger partial charge in [0.05, 0.1) is 24.3 Å². The molecular weight excluding hydrogens is 252 g/mol. The van der Waals surface area contributed by atoms with Crippen LogP contribution in [0.15, 0.2) is 22.8 Å². The van der Waals surface area contributed by atoms with Crippen molar-refractivity contribution in [2.45, 2.75) is 19.5 Å². The van der Waals surface area contributed by atoms with Crippen molar-refractivity contribution in [3.8, 4) is 0 Å². The van der Waals surface area contributed by atoms with Gasteiger partial charge in [-0.1, -0.05) is 0 Å². The van der Waals surface area contributed by atoms with Crippen molar-refractivity contribution < 1.29 is 12.8 Å². The van der Waals surface area contributed by atoms with Crippen molar-refractivity contribution in [3.05, 3.63) is 24.2 Å². The van der Waals surface area contributed by atoms with Crippen LogP contribution >= 0.6 is 0 Å². The molecule has 18 heavy (non-hydrogen) atoms. The van der Waals surface area contributed by atoms with Gasteiger partial charge in [0.1, 0.15) is 5.76 Å². The normalized spacial score (nSPS) is 21.8. The Morgan fingerprint density at radius 2 is 2.17 bits per heavy atom. The lowest BCUT2D eigenvalue weighted by Crippen LogP contribution is -2.48. The van der Waals surface area contributed by atoms with E-state index in [1.165, 1.54) is 0 Å². The molecule has 6 heteroatoms. The van der Waals surface area contributed by atoms with E-state index in [0.29, 0.717) is 25.7 Å². The van der Waals surface area contributed by atoms with E-state index in [-0.39, 0.29) is 11.5 Å². The minimum Gasteiger partial charge on any atom is -0.468 e. The molecule has 1 saturated heterocycles. The zero-order valence-electron chi connectivity index (χ0n) is 10.6. The first-order valence-corrected chi connectivity index (χ1v) is 8.06. The van der Waals surface area contributed by atoms with Crippen LogP contribution in [-0.4, -0.2) is 50.5 Å². The molecule has 0 saturated carbocycles. The van der Waals surface area contributed by atoms with Gasteiger partial charge in [0.25, 0.3) is 0 Å². The van der Waals surface area contributed by atoms with Gasteiger partial charge in [0.15, 0.2) is 9.84 Å². The standard InChI is InChI=1S/C12H20N2O3S/c1-11(9-13-10-12-3-2-6-17-12)14-4-7-18(15,16)8-5-14/h2-3,6,11,13H,4-5,7-10H2,1H3. The third kappa shape index (κ3) is 3.83. The second-order valence-electron chi connectivity index (χ2n) is 4.75. The molecule has 1 aromatic rings. The predicted octanol–water partition coefficient (Wildman–Crippen LogP) is 0.488. The predicted molar refractivity (Wildman–Crippen MR) is 70.1 cm³/mol. The lowest BCUT2D eigenvalue weighted by molar-refractivity contribution is 0.219. The molecule has 1 unspecified atom stereocenters. The number of hydrogen-bond acceptors (Lipinski definition) is 5. The van der Waals surface area contributed by atoms with Crippen LogP contribution in [0.3, 0.4) is 0 Å². The molecule has 0 aliphatic carbocycles. The summed E-state index contributed by atoms with van der Waals surface area (Å²) in [6.45, 7) is 4.95. The molecule has 1 fully saturated rings. The van der Waals surface area contributed by atoms with Gasteiger partial charge < -0.3 is 9.73 Å². The maximum Gasteiger partial charge on any atom is 0.152 e. The topological polar surface area (TPSA) is 62.6 Å². The molecule has 0 bridgehead atoms.